The zero-order chi connectivity index (χ0) is 19.2. The normalized spacial score (nSPS) is 12.3. The molecule has 0 unspecified atom stereocenters. The smallest absolute Gasteiger partial charge is 0.416 e. The lowest BCUT2D eigenvalue weighted by molar-refractivity contribution is -0.484. The highest BCUT2D eigenvalue weighted by molar-refractivity contribution is 5.68. The number of alkyl carbamates (subject to hydrolysis) is 1. The maximum absolute atomic E-state index is 12.6. The summed E-state index contributed by atoms with van der Waals surface area (Å²) in [4.78, 5) is 22.0. The molecule has 0 saturated heterocycles. The number of nitrogens with zero attached hydrogens (tertiary/aromatic N) is 1. The summed E-state index contributed by atoms with van der Waals surface area (Å²) in [6, 6.07) is 11.5. The molecule has 0 aliphatic carbocycles. The minimum atomic E-state index is -4.51. The highest BCUT2D eigenvalue weighted by atomic mass is 19.4. The average molecular weight is 368 g/mol. The van der Waals surface area contributed by atoms with Crippen molar-refractivity contribution < 1.29 is 27.6 Å². The fourth-order valence-corrected chi connectivity index (χ4v) is 2.19. The zero-order valence-electron chi connectivity index (χ0n) is 13.4. The van der Waals surface area contributed by atoms with Crippen LogP contribution in [0.3, 0.4) is 0 Å². The third-order valence-corrected chi connectivity index (χ3v) is 3.48. The van der Waals surface area contributed by atoms with Gasteiger partial charge in [-0.2, -0.15) is 13.2 Å². The van der Waals surface area contributed by atoms with Crippen LogP contribution in [0.1, 0.15) is 22.7 Å². The number of carbonyl (C=O) groups excluding carboxylic acids is 1. The first-order chi connectivity index (χ1) is 12.3. The van der Waals surface area contributed by atoms with E-state index >= 15 is 0 Å². The largest absolute Gasteiger partial charge is 0.445 e. The fourth-order valence-electron chi connectivity index (χ4n) is 2.19. The number of nitro groups is 1. The second-order valence-electron chi connectivity index (χ2n) is 5.39. The summed E-state index contributed by atoms with van der Waals surface area (Å²) < 4.78 is 42.8. The van der Waals surface area contributed by atoms with Gasteiger partial charge in [0.25, 0.3) is 0 Å². The molecule has 0 aliphatic heterocycles. The lowest BCUT2D eigenvalue weighted by Crippen LogP contribution is -2.33. The van der Waals surface area contributed by atoms with Crippen LogP contribution in [-0.4, -0.2) is 17.6 Å². The van der Waals surface area contributed by atoms with Gasteiger partial charge in [0, 0.05) is 4.92 Å². The van der Waals surface area contributed by atoms with Crippen molar-refractivity contribution in [1.82, 2.24) is 5.32 Å². The molecule has 0 saturated carbocycles. The van der Waals surface area contributed by atoms with Crippen molar-refractivity contribution in [3.05, 3.63) is 81.4 Å². The minimum Gasteiger partial charge on any atom is -0.445 e. The molecule has 1 amide bonds. The number of hydrogen-bond acceptors (Lipinski definition) is 4. The SMILES string of the molecule is O=C(N[C@@H](C[N+](=O)[O-])c1ccc(C(F)(F)F)cc1)OCc1ccccc1. The summed E-state index contributed by atoms with van der Waals surface area (Å²) in [5.41, 5.74) is 0.0159. The molecule has 0 aliphatic rings. The van der Waals surface area contributed by atoms with Gasteiger partial charge >= 0.3 is 12.3 Å². The van der Waals surface area contributed by atoms with Gasteiger partial charge in [-0.05, 0) is 23.3 Å². The molecule has 138 valence electrons. The van der Waals surface area contributed by atoms with Gasteiger partial charge < -0.3 is 10.1 Å². The second kappa shape index (κ2) is 8.32. The number of hydrogen-bond donors (Lipinski definition) is 1. The van der Waals surface area contributed by atoms with Crippen LogP contribution in [0.15, 0.2) is 54.6 Å². The van der Waals surface area contributed by atoms with Gasteiger partial charge in [0.2, 0.25) is 6.54 Å². The molecule has 0 bridgehead atoms. The Bertz CT molecular complexity index is 749. The van der Waals surface area contributed by atoms with E-state index in [0.29, 0.717) is 0 Å². The summed E-state index contributed by atoms with van der Waals surface area (Å²) in [5.74, 6) is 0. The Morgan fingerprint density at radius 1 is 1.12 bits per heavy atom. The van der Waals surface area contributed by atoms with E-state index in [1.165, 1.54) is 0 Å². The molecule has 9 heteroatoms. The molecule has 2 rings (SSSR count). The Balaban J connectivity index is 2.04. The standard InChI is InChI=1S/C17H15F3N2O4/c18-17(19,20)14-8-6-13(7-9-14)15(10-22(24)25)21-16(23)26-11-12-4-2-1-3-5-12/h1-9,15H,10-11H2,(H,21,23)/t15-/m0/s1. The first-order valence-corrected chi connectivity index (χ1v) is 7.52. The van der Waals surface area contributed by atoms with Crippen molar-refractivity contribution in [3.8, 4) is 0 Å². The van der Waals surface area contributed by atoms with Crippen molar-refractivity contribution in [2.45, 2.75) is 18.8 Å². The maximum Gasteiger partial charge on any atom is 0.416 e. The fraction of sp³-hybridized carbons (Fsp3) is 0.235. The number of alkyl halides is 3. The van der Waals surface area contributed by atoms with Crippen molar-refractivity contribution in [2.75, 3.05) is 6.54 Å². The molecule has 1 atom stereocenters. The van der Waals surface area contributed by atoms with E-state index in [2.05, 4.69) is 5.32 Å². The Morgan fingerprint density at radius 2 is 1.73 bits per heavy atom. The van der Waals surface area contributed by atoms with E-state index in [1.54, 1.807) is 30.3 Å². The quantitative estimate of drug-likeness (QED) is 0.618. The van der Waals surface area contributed by atoms with E-state index in [0.717, 1.165) is 29.8 Å². The summed E-state index contributed by atoms with van der Waals surface area (Å²) in [6.45, 7) is -0.726. The lowest BCUT2D eigenvalue weighted by atomic mass is 10.0. The molecular formula is C17H15F3N2O4. The van der Waals surface area contributed by atoms with E-state index in [1.807, 2.05) is 0 Å². The highest BCUT2D eigenvalue weighted by Crippen LogP contribution is 2.30. The molecule has 0 radical (unpaired) electrons. The maximum atomic E-state index is 12.6. The first kappa shape index (κ1) is 19.2. The number of halogens is 3. The van der Waals surface area contributed by atoms with Crippen LogP contribution in [0.2, 0.25) is 0 Å². The predicted octanol–water partition coefficient (Wildman–Crippen LogP) is 3.95. The van der Waals surface area contributed by atoms with E-state index in [-0.39, 0.29) is 12.2 Å². The Labute approximate surface area is 146 Å². The van der Waals surface area contributed by atoms with Crippen LogP contribution in [0.25, 0.3) is 0 Å². The van der Waals surface area contributed by atoms with Gasteiger partial charge in [-0.15, -0.1) is 0 Å². The van der Waals surface area contributed by atoms with Gasteiger partial charge in [0.15, 0.2) is 0 Å². The number of rotatable bonds is 6. The van der Waals surface area contributed by atoms with Crippen LogP contribution in [0.5, 0.6) is 0 Å². The first-order valence-electron chi connectivity index (χ1n) is 7.52. The minimum absolute atomic E-state index is 0.0368. The highest BCUT2D eigenvalue weighted by Gasteiger charge is 2.30. The monoisotopic (exact) mass is 368 g/mol. The summed E-state index contributed by atoms with van der Waals surface area (Å²) in [7, 11) is 0. The Hall–Kier alpha value is -3.10. The van der Waals surface area contributed by atoms with Gasteiger partial charge in [0.1, 0.15) is 12.6 Å². The van der Waals surface area contributed by atoms with Gasteiger partial charge in [-0.3, -0.25) is 10.1 Å². The topological polar surface area (TPSA) is 81.5 Å². The van der Waals surface area contributed by atoms with Crippen LogP contribution in [0, 0.1) is 10.1 Å². The van der Waals surface area contributed by atoms with E-state index in [9.17, 15) is 28.1 Å². The third kappa shape index (κ3) is 5.76. The van der Waals surface area contributed by atoms with Crippen LogP contribution < -0.4 is 5.32 Å². The van der Waals surface area contributed by atoms with Gasteiger partial charge in [0.05, 0.1) is 5.56 Å². The summed E-state index contributed by atoms with van der Waals surface area (Å²) in [6.07, 6.45) is -5.42. The van der Waals surface area contributed by atoms with Crippen LogP contribution in [-0.2, 0) is 17.5 Å². The average Bonchev–Trinajstić information content (AvgIpc) is 2.59. The third-order valence-electron chi connectivity index (χ3n) is 3.48. The molecule has 0 heterocycles. The van der Waals surface area contributed by atoms with E-state index in [4.69, 9.17) is 4.74 Å². The molecule has 2 aromatic rings. The number of ether oxygens (including phenoxy) is 1. The van der Waals surface area contributed by atoms with Gasteiger partial charge in [-0.1, -0.05) is 42.5 Å². The van der Waals surface area contributed by atoms with Gasteiger partial charge in [-0.25, -0.2) is 4.79 Å². The lowest BCUT2D eigenvalue weighted by Gasteiger charge is -2.16. The van der Waals surface area contributed by atoms with Crippen molar-refractivity contribution >= 4 is 6.09 Å². The number of nitrogens with one attached hydrogen (secondary N) is 1. The number of amides is 1. The molecule has 26 heavy (non-hydrogen) atoms. The Morgan fingerprint density at radius 3 is 2.27 bits per heavy atom. The van der Waals surface area contributed by atoms with Crippen LogP contribution in [0.4, 0.5) is 18.0 Å². The molecule has 6 nitrogen and oxygen atoms in total. The van der Waals surface area contributed by atoms with E-state index < -0.39 is 35.3 Å². The van der Waals surface area contributed by atoms with Crippen molar-refractivity contribution in [3.63, 3.8) is 0 Å². The molecule has 0 fully saturated rings. The number of carbonyl (C=O) groups is 1. The summed E-state index contributed by atoms with van der Waals surface area (Å²) in [5, 5.41) is 13.1. The molecule has 0 aromatic heterocycles. The molecular weight excluding hydrogens is 353 g/mol. The second-order valence-corrected chi connectivity index (χ2v) is 5.39. The Kier molecular flexibility index (Phi) is 6.16. The van der Waals surface area contributed by atoms with Crippen molar-refractivity contribution in [2.24, 2.45) is 0 Å². The molecule has 2 aromatic carbocycles. The molecule has 0 spiro atoms. The van der Waals surface area contributed by atoms with Crippen LogP contribution >= 0.6 is 0 Å². The molecule has 1 N–H and O–H groups in total. The van der Waals surface area contributed by atoms with Crippen molar-refractivity contribution in [1.29, 1.82) is 0 Å². The number of benzene rings is 2. The zero-order valence-corrected chi connectivity index (χ0v) is 13.4. The predicted molar refractivity (Wildman–Crippen MR) is 85.8 cm³/mol. The summed E-state index contributed by atoms with van der Waals surface area (Å²) >= 11 is 0.